The van der Waals surface area contributed by atoms with Gasteiger partial charge < -0.3 is 10.1 Å². The van der Waals surface area contributed by atoms with E-state index in [1.165, 1.54) is 6.33 Å². The minimum absolute atomic E-state index is 0.386. The molecule has 0 amide bonds. The van der Waals surface area contributed by atoms with Crippen LogP contribution in [-0.2, 0) is 0 Å². The van der Waals surface area contributed by atoms with Gasteiger partial charge in [0, 0.05) is 0 Å². The maximum absolute atomic E-state index is 5.85. The van der Waals surface area contributed by atoms with Gasteiger partial charge in [0.2, 0.25) is 0 Å². The van der Waals surface area contributed by atoms with Crippen LogP contribution >= 0.6 is 27.5 Å². The molecule has 0 aliphatic carbocycles. The molecule has 2 rings (SSSR count). The highest BCUT2D eigenvalue weighted by Gasteiger charge is 2.05. The molecule has 1 aromatic heterocycles. The number of hydrogen-bond donors (Lipinski definition) is 1. The van der Waals surface area contributed by atoms with Crippen LogP contribution in [0.4, 0.5) is 5.82 Å². The second-order valence-corrected chi connectivity index (χ2v) is 4.57. The van der Waals surface area contributed by atoms with Crippen LogP contribution in [-0.4, -0.2) is 23.1 Å². The minimum atomic E-state index is 0.386. The predicted molar refractivity (Wildman–Crippen MR) is 75.2 cm³/mol. The maximum Gasteiger partial charge on any atom is 0.148 e. The molecule has 6 heteroatoms. The average Bonchev–Trinajstić information content (AvgIpc) is 2.40. The molecule has 0 saturated carbocycles. The summed E-state index contributed by atoms with van der Waals surface area (Å²) in [6, 6.07) is 9.65. The van der Waals surface area contributed by atoms with Gasteiger partial charge in [-0.15, -0.1) is 0 Å². The van der Waals surface area contributed by atoms with E-state index in [1.807, 2.05) is 30.3 Å². The molecule has 1 N–H and O–H groups in total. The number of anilines is 1. The van der Waals surface area contributed by atoms with Gasteiger partial charge in [-0.2, -0.15) is 0 Å². The van der Waals surface area contributed by atoms with Gasteiger partial charge in [-0.3, -0.25) is 0 Å². The summed E-state index contributed by atoms with van der Waals surface area (Å²) in [6.07, 6.45) is 1.41. The van der Waals surface area contributed by atoms with Crippen molar-refractivity contribution in [3.05, 3.63) is 46.3 Å². The zero-order chi connectivity index (χ0) is 12.8. The van der Waals surface area contributed by atoms with E-state index in [0.29, 0.717) is 28.6 Å². The molecule has 0 bridgehead atoms. The molecular formula is C12H11BrClN3O. The van der Waals surface area contributed by atoms with Crippen molar-refractivity contribution in [2.45, 2.75) is 0 Å². The first-order valence-electron chi connectivity index (χ1n) is 5.35. The first-order chi connectivity index (χ1) is 8.77. The Balaban J connectivity index is 1.81. The number of aromatic nitrogens is 2. The Bertz CT molecular complexity index is 510. The molecule has 94 valence electrons. The molecule has 0 unspecified atom stereocenters. The van der Waals surface area contributed by atoms with E-state index in [9.17, 15) is 0 Å². The van der Waals surface area contributed by atoms with Crippen LogP contribution in [0.2, 0.25) is 5.15 Å². The van der Waals surface area contributed by atoms with Crippen molar-refractivity contribution in [3.63, 3.8) is 0 Å². The molecule has 0 saturated heterocycles. The van der Waals surface area contributed by atoms with E-state index in [2.05, 4.69) is 31.2 Å². The Morgan fingerprint density at radius 2 is 2.00 bits per heavy atom. The van der Waals surface area contributed by atoms with Gasteiger partial charge >= 0.3 is 0 Å². The SMILES string of the molecule is Clc1ncnc(NCCOc2ccccc2)c1Br. The first-order valence-corrected chi connectivity index (χ1v) is 6.52. The Morgan fingerprint density at radius 1 is 1.22 bits per heavy atom. The van der Waals surface area contributed by atoms with Gasteiger partial charge in [0.15, 0.2) is 0 Å². The number of halogens is 2. The topological polar surface area (TPSA) is 47.0 Å². The van der Waals surface area contributed by atoms with Crippen LogP contribution in [0.1, 0.15) is 0 Å². The fourth-order valence-electron chi connectivity index (χ4n) is 1.33. The van der Waals surface area contributed by atoms with Crippen molar-refractivity contribution in [1.29, 1.82) is 0 Å². The minimum Gasteiger partial charge on any atom is -0.492 e. The first kappa shape index (κ1) is 13.1. The van der Waals surface area contributed by atoms with Gasteiger partial charge in [0.05, 0.1) is 11.0 Å². The van der Waals surface area contributed by atoms with Gasteiger partial charge in [-0.05, 0) is 28.1 Å². The van der Waals surface area contributed by atoms with Crippen LogP contribution in [0.15, 0.2) is 41.1 Å². The van der Waals surface area contributed by atoms with Gasteiger partial charge in [-0.1, -0.05) is 29.8 Å². The molecule has 0 fully saturated rings. The zero-order valence-electron chi connectivity index (χ0n) is 9.44. The number of nitrogens with zero attached hydrogens (tertiary/aromatic N) is 2. The summed E-state index contributed by atoms with van der Waals surface area (Å²) >= 11 is 9.17. The molecule has 0 atom stereocenters. The summed E-state index contributed by atoms with van der Waals surface area (Å²) in [4.78, 5) is 7.93. The highest BCUT2D eigenvalue weighted by atomic mass is 79.9. The summed E-state index contributed by atoms with van der Waals surface area (Å²) in [6.45, 7) is 1.17. The number of rotatable bonds is 5. The lowest BCUT2D eigenvalue weighted by atomic mass is 10.3. The monoisotopic (exact) mass is 327 g/mol. The van der Waals surface area contributed by atoms with E-state index in [-0.39, 0.29) is 0 Å². The van der Waals surface area contributed by atoms with Crippen molar-refractivity contribution in [3.8, 4) is 5.75 Å². The zero-order valence-corrected chi connectivity index (χ0v) is 11.8. The number of hydrogen-bond acceptors (Lipinski definition) is 4. The Morgan fingerprint density at radius 3 is 2.78 bits per heavy atom. The fraction of sp³-hybridized carbons (Fsp3) is 0.167. The van der Waals surface area contributed by atoms with Crippen molar-refractivity contribution in [2.75, 3.05) is 18.5 Å². The van der Waals surface area contributed by atoms with Crippen LogP contribution in [0.5, 0.6) is 5.75 Å². The Kier molecular flexibility index (Phi) is 4.78. The van der Waals surface area contributed by atoms with E-state index in [1.54, 1.807) is 0 Å². The summed E-state index contributed by atoms with van der Waals surface area (Å²) < 4.78 is 6.20. The predicted octanol–water partition coefficient (Wildman–Crippen LogP) is 3.38. The van der Waals surface area contributed by atoms with Crippen LogP contribution in [0, 0.1) is 0 Å². The number of benzene rings is 1. The van der Waals surface area contributed by atoms with E-state index in [4.69, 9.17) is 16.3 Å². The summed E-state index contributed by atoms with van der Waals surface area (Å²) in [5.41, 5.74) is 0. The number of para-hydroxylation sites is 1. The smallest absolute Gasteiger partial charge is 0.148 e. The van der Waals surface area contributed by atoms with Crippen LogP contribution in [0.3, 0.4) is 0 Å². The molecule has 4 nitrogen and oxygen atoms in total. The van der Waals surface area contributed by atoms with Crippen LogP contribution < -0.4 is 10.1 Å². The average molecular weight is 329 g/mol. The van der Waals surface area contributed by atoms with Crippen LogP contribution in [0.25, 0.3) is 0 Å². The number of nitrogens with one attached hydrogen (secondary N) is 1. The standard InChI is InChI=1S/C12H11BrClN3O/c13-10-11(14)16-8-17-12(10)15-6-7-18-9-4-2-1-3-5-9/h1-5,8H,6-7H2,(H,15,16,17). The third kappa shape index (κ3) is 3.58. The maximum atomic E-state index is 5.85. The molecule has 1 heterocycles. The molecule has 2 aromatic rings. The lowest BCUT2D eigenvalue weighted by Crippen LogP contribution is -2.12. The quantitative estimate of drug-likeness (QED) is 0.675. The van der Waals surface area contributed by atoms with E-state index >= 15 is 0 Å². The fourth-order valence-corrected chi connectivity index (χ4v) is 1.80. The lowest BCUT2D eigenvalue weighted by Gasteiger charge is -2.09. The molecule has 0 spiro atoms. The highest BCUT2D eigenvalue weighted by molar-refractivity contribution is 9.10. The summed E-state index contributed by atoms with van der Waals surface area (Å²) in [5, 5.41) is 3.50. The van der Waals surface area contributed by atoms with Crippen molar-refractivity contribution < 1.29 is 4.74 Å². The van der Waals surface area contributed by atoms with Crippen molar-refractivity contribution >= 4 is 33.3 Å². The molecule has 1 aromatic carbocycles. The van der Waals surface area contributed by atoms with Gasteiger partial charge in [0.1, 0.15) is 29.7 Å². The second kappa shape index (κ2) is 6.56. The Labute approximate surface area is 118 Å². The molecule has 18 heavy (non-hydrogen) atoms. The third-order valence-electron chi connectivity index (χ3n) is 2.15. The van der Waals surface area contributed by atoms with E-state index in [0.717, 1.165) is 5.75 Å². The third-order valence-corrected chi connectivity index (χ3v) is 3.42. The summed E-state index contributed by atoms with van der Waals surface area (Å²) in [7, 11) is 0. The molecule has 0 aliphatic heterocycles. The van der Waals surface area contributed by atoms with E-state index < -0.39 is 0 Å². The second-order valence-electron chi connectivity index (χ2n) is 3.42. The van der Waals surface area contributed by atoms with Gasteiger partial charge in [-0.25, -0.2) is 9.97 Å². The Hall–Kier alpha value is -1.33. The van der Waals surface area contributed by atoms with Crippen molar-refractivity contribution in [1.82, 2.24) is 9.97 Å². The molecular weight excluding hydrogens is 318 g/mol. The summed E-state index contributed by atoms with van der Waals surface area (Å²) in [5.74, 6) is 1.51. The van der Waals surface area contributed by atoms with Crippen molar-refractivity contribution in [2.24, 2.45) is 0 Å². The molecule has 0 aliphatic rings. The number of ether oxygens (including phenoxy) is 1. The molecule has 0 radical (unpaired) electrons. The highest BCUT2D eigenvalue weighted by Crippen LogP contribution is 2.25. The van der Waals surface area contributed by atoms with Gasteiger partial charge in [0.25, 0.3) is 0 Å². The largest absolute Gasteiger partial charge is 0.492 e. The lowest BCUT2D eigenvalue weighted by molar-refractivity contribution is 0.332. The normalized spacial score (nSPS) is 10.1.